The van der Waals surface area contributed by atoms with E-state index in [1.165, 1.54) is 6.07 Å². The van der Waals surface area contributed by atoms with Crippen molar-refractivity contribution in [1.29, 1.82) is 0 Å². The Kier molecular flexibility index (Phi) is 5.66. The van der Waals surface area contributed by atoms with Crippen molar-refractivity contribution >= 4 is 11.6 Å². The quantitative estimate of drug-likeness (QED) is 0.901. The molecular formula is C20H23FN2O2. The molecule has 0 aliphatic carbocycles. The first-order valence-corrected chi connectivity index (χ1v) is 8.56. The molecule has 0 bridgehead atoms. The van der Waals surface area contributed by atoms with Gasteiger partial charge in [-0.2, -0.15) is 0 Å². The fourth-order valence-corrected chi connectivity index (χ4v) is 3.23. The molecular weight excluding hydrogens is 319 g/mol. The maximum atomic E-state index is 13.8. The second-order valence-electron chi connectivity index (χ2n) is 6.39. The highest BCUT2D eigenvalue weighted by Crippen LogP contribution is 2.22. The SMILES string of the molecule is COc1cccc(NC(=O)C2CCCN(Cc3ccccc3F)C2)c1. The molecule has 1 saturated heterocycles. The van der Waals surface area contributed by atoms with Gasteiger partial charge < -0.3 is 10.1 Å². The lowest BCUT2D eigenvalue weighted by Crippen LogP contribution is -2.40. The molecule has 1 heterocycles. The minimum atomic E-state index is -0.189. The van der Waals surface area contributed by atoms with Crippen LogP contribution in [0.2, 0.25) is 0 Å². The zero-order valence-electron chi connectivity index (χ0n) is 14.4. The normalized spacial score (nSPS) is 17.9. The number of halogens is 1. The maximum Gasteiger partial charge on any atom is 0.228 e. The van der Waals surface area contributed by atoms with Gasteiger partial charge in [0.1, 0.15) is 11.6 Å². The third kappa shape index (κ3) is 4.57. The van der Waals surface area contributed by atoms with Crippen LogP contribution in [0.5, 0.6) is 5.75 Å². The van der Waals surface area contributed by atoms with Gasteiger partial charge in [0, 0.05) is 30.4 Å². The van der Waals surface area contributed by atoms with E-state index in [0.717, 1.165) is 25.1 Å². The van der Waals surface area contributed by atoms with Crippen molar-refractivity contribution in [3.05, 3.63) is 59.9 Å². The van der Waals surface area contributed by atoms with Crippen LogP contribution in [0.15, 0.2) is 48.5 Å². The minimum absolute atomic E-state index is 0.00601. The Hall–Kier alpha value is -2.40. The first-order chi connectivity index (χ1) is 12.2. The van der Waals surface area contributed by atoms with Crippen LogP contribution < -0.4 is 10.1 Å². The molecule has 132 valence electrons. The minimum Gasteiger partial charge on any atom is -0.497 e. The van der Waals surface area contributed by atoms with E-state index in [0.29, 0.717) is 24.4 Å². The van der Waals surface area contributed by atoms with Crippen LogP contribution in [-0.2, 0) is 11.3 Å². The van der Waals surface area contributed by atoms with E-state index in [2.05, 4.69) is 10.2 Å². The summed E-state index contributed by atoms with van der Waals surface area (Å²) in [7, 11) is 1.60. The highest BCUT2D eigenvalue weighted by Gasteiger charge is 2.26. The summed E-state index contributed by atoms with van der Waals surface area (Å²) < 4.78 is 19.0. The molecule has 2 aromatic carbocycles. The van der Waals surface area contributed by atoms with Crippen molar-refractivity contribution in [2.45, 2.75) is 19.4 Å². The molecule has 1 atom stereocenters. The van der Waals surface area contributed by atoms with E-state index in [-0.39, 0.29) is 17.6 Å². The van der Waals surface area contributed by atoms with Gasteiger partial charge in [0.15, 0.2) is 0 Å². The molecule has 1 amide bonds. The summed E-state index contributed by atoms with van der Waals surface area (Å²) >= 11 is 0. The van der Waals surface area contributed by atoms with Gasteiger partial charge in [0.05, 0.1) is 13.0 Å². The summed E-state index contributed by atoms with van der Waals surface area (Å²) in [6.45, 7) is 2.07. The lowest BCUT2D eigenvalue weighted by Gasteiger charge is -2.32. The molecule has 0 radical (unpaired) electrons. The van der Waals surface area contributed by atoms with Crippen molar-refractivity contribution in [2.75, 3.05) is 25.5 Å². The first kappa shape index (κ1) is 17.4. The molecule has 1 N–H and O–H groups in total. The smallest absolute Gasteiger partial charge is 0.228 e. The van der Waals surface area contributed by atoms with Crippen LogP contribution in [0.25, 0.3) is 0 Å². The molecule has 0 aromatic heterocycles. The number of rotatable bonds is 5. The van der Waals surface area contributed by atoms with Crippen LogP contribution in [0, 0.1) is 11.7 Å². The van der Waals surface area contributed by atoms with Gasteiger partial charge >= 0.3 is 0 Å². The zero-order valence-corrected chi connectivity index (χ0v) is 14.4. The molecule has 1 aliphatic rings. The Bertz CT molecular complexity index is 735. The van der Waals surface area contributed by atoms with Crippen LogP contribution in [-0.4, -0.2) is 31.0 Å². The fraction of sp³-hybridized carbons (Fsp3) is 0.350. The Balaban J connectivity index is 1.60. The Morgan fingerprint density at radius 3 is 2.92 bits per heavy atom. The second kappa shape index (κ2) is 8.12. The number of amides is 1. The van der Waals surface area contributed by atoms with E-state index in [1.807, 2.05) is 24.3 Å². The first-order valence-electron chi connectivity index (χ1n) is 8.56. The number of nitrogens with one attached hydrogen (secondary N) is 1. The van der Waals surface area contributed by atoms with Crippen molar-refractivity contribution < 1.29 is 13.9 Å². The molecule has 4 nitrogen and oxygen atoms in total. The zero-order chi connectivity index (χ0) is 17.6. The molecule has 2 aromatic rings. The molecule has 0 spiro atoms. The molecule has 0 saturated carbocycles. The van der Waals surface area contributed by atoms with Gasteiger partial charge in [0.2, 0.25) is 5.91 Å². The van der Waals surface area contributed by atoms with Gasteiger partial charge in [-0.3, -0.25) is 9.69 Å². The highest BCUT2D eigenvalue weighted by molar-refractivity contribution is 5.92. The van der Waals surface area contributed by atoms with Crippen molar-refractivity contribution in [2.24, 2.45) is 5.92 Å². The number of carbonyl (C=O) groups excluding carboxylic acids is 1. The number of benzene rings is 2. The average molecular weight is 342 g/mol. The van der Waals surface area contributed by atoms with E-state index >= 15 is 0 Å². The molecule has 3 rings (SSSR count). The topological polar surface area (TPSA) is 41.6 Å². The number of piperidine rings is 1. The molecule has 1 fully saturated rings. The number of hydrogen-bond donors (Lipinski definition) is 1. The third-order valence-corrected chi connectivity index (χ3v) is 4.57. The van der Waals surface area contributed by atoms with E-state index < -0.39 is 0 Å². The predicted molar refractivity (Wildman–Crippen MR) is 96.0 cm³/mol. The van der Waals surface area contributed by atoms with Crippen molar-refractivity contribution in [3.8, 4) is 5.75 Å². The average Bonchev–Trinajstić information content (AvgIpc) is 2.64. The second-order valence-corrected chi connectivity index (χ2v) is 6.39. The van der Waals surface area contributed by atoms with E-state index in [9.17, 15) is 9.18 Å². The number of carbonyl (C=O) groups is 1. The van der Waals surface area contributed by atoms with Crippen molar-refractivity contribution in [3.63, 3.8) is 0 Å². The number of ether oxygens (including phenoxy) is 1. The van der Waals surface area contributed by atoms with Crippen molar-refractivity contribution in [1.82, 2.24) is 4.90 Å². The fourth-order valence-electron chi connectivity index (χ4n) is 3.23. The van der Waals surface area contributed by atoms with Crippen LogP contribution in [0.3, 0.4) is 0 Å². The van der Waals surface area contributed by atoms with E-state index in [4.69, 9.17) is 4.74 Å². The molecule has 25 heavy (non-hydrogen) atoms. The third-order valence-electron chi connectivity index (χ3n) is 4.57. The van der Waals surface area contributed by atoms with Gasteiger partial charge in [0.25, 0.3) is 0 Å². The lowest BCUT2D eigenvalue weighted by atomic mass is 9.96. The summed E-state index contributed by atoms with van der Waals surface area (Å²) in [5.74, 6) is 0.436. The number of nitrogens with zero attached hydrogens (tertiary/aromatic N) is 1. The predicted octanol–water partition coefficient (Wildman–Crippen LogP) is 3.69. The van der Waals surface area contributed by atoms with Crippen LogP contribution >= 0.6 is 0 Å². The van der Waals surface area contributed by atoms with Gasteiger partial charge in [-0.1, -0.05) is 24.3 Å². The summed E-state index contributed by atoms with van der Waals surface area (Å²) in [6.07, 6.45) is 1.79. The molecule has 5 heteroatoms. The molecule has 1 unspecified atom stereocenters. The Morgan fingerprint density at radius 2 is 2.12 bits per heavy atom. The van der Waals surface area contributed by atoms with Crippen LogP contribution in [0.4, 0.5) is 10.1 Å². The van der Waals surface area contributed by atoms with Crippen LogP contribution in [0.1, 0.15) is 18.4 Å². The summed E-state index contributed by atoms with van der Waals surface area (Å²) in [5.41, 5.74) is 1.41. The Labute approximate surface area is 147 Å². The maximum absolute atomic E-state index is 13.8. The lowest BCUT2D eigenvalue weighted by molar-refractivity contribution is -0.121. The largest absolute Gasteiger partial charge is 0.497 e. The number of hydrogen-bond acceptors (Lipinski definition) is 3. The summed E-state index contributed by atoms with van der Waals surface area (Å²) in [5, 5.41) is 2.96. The monoisotopic (exact) mass is 342 g/mol. The Morgan fingerprint density at radius 1 is 1.28 bits per heavy atom. The number of methoxy groups -OCH3 is 1. The van der Waals surface area contributed by atoms with E-state index in [1.54, 1.807) is 25.3 Å². The number of anilines is 1. The molecule has 1 aliphatic heterocycles. The van der Waals surface area contributed by atoms with Gasteiger partial charge in [-0.25, -0.2) is 4.39 Å². The summed E-state index contributed by atoms with van der Waals surface area (Å²) in [4.78, 5) is 14.7. The standard InChI is InChI=1S/C20H23FN2O2/c1-25-18-9-4-8-17(12-18)22-20(24)16-7-5-11-23(14-16)13-15-6-2-3-10-19(15)21/h2-4,6,8-10,12,16H,5,7,11,13-14H2,1H3,(H,22,24). The summed E-state index contributed by atoms with van der Waals surface area (Å²) in [6, 6.07) is 14.2. The highest BCUT2D eigenvalue weighted by atomic mass is 19.1. The van der Waals surface area contributed by atoms with Gasteiger partial charge in [-0.15, -0.1) is 0 Å². The number of likely N-dealkylation sites (tertiary alicyclic amines) is 1. The van der Waals surface area contributed by atoms with Gasteiger partial charge in [-0.05, 0) is 37.6 Å².